The molecule has 1 saturated heterocycles. The molecule has 0 atom stereocenters. The van der Waals surface area contributed by atoms with Crippen LogP contribution in [0.25, 0.3) is 0 Å². The van der Waals surface area contributed by atoms with Gasteiger partial charge in [0, 0.05) is 48.7 Å². The Morgan fingerprint density at radius 1 is 1.09 bits per heavy atom. The highest BCUT2D eigenvalue weighted by atomic mass is 19.4. The van der Waals surface area contributed by atoms with Gasteiger partial charge in [-0.05, 0) is 37.6 Å². The largest absolute Gasteiger partial charge is 0.416 e. The van der Waals surface area contributed by atoms with E-state index in [0.29, 0.717) is 5.56 Å². The van der Waals surface area contributed by atoms with E-state index in [-0.39, 0.29) is 11.1 Å². The first-order valence-electron chi connectivity index (χ1n) is 11.0. The molecule has 3 rings (SSSR count). The zero-order valence-electron chi connectivity index (χ0n) is 19.2. The van der Waals surface area contributed by atoms with Crippen molar-refractivity contribution in [2.45, 2.75) is 52.3 Å². The van der Waals surface area contributed by atoms with E-state index < -0.39 is 17.6 Å². The third-order valence-electron chi connectivity index (χ3n) is 5.79. The van der Waals surface area contributed by atoms with Gasteiger partial charge < -0.3 is 14.6 Å². The highest BCUT2D eigenvalue weighted by molar-refractivity contribution is 6.05. The van der Waals surface area contributed by atoms with Crippen molar-refractivity contribution in [2.75, 3.05) is 38.2 Å². The van der Waals surface area contributed by atoms with Gasteiger partial charge in [0.2, 0.25) is 0 Å². The van der Waals surface area contributed by atoms with Crippen LogP contribution in [0.15, 0.2) is 30.3 Å². The maximum atomic E-state index is 13.0. The smallest absolute Gasteiger partial charge is 0.379 e. The van der Waals surface area contributed by atoms with Crippen molar-refractivity contribution in [3.8, 4) is 0 Å². The Morgan fingerprint density at radius 2 is 1.78 bits per heavy atom. The number of amides is 1. The molecule has 176 valence electrons. The first kappa shape index (κ1) is 24.3. The molecular formula is C24H32F3N3O2. The molecule has 0 unspecified atom stereocenters. The minimum atomic E-state index is -4.46. The third kappa shape index (κ3) is 5.92. The Hall–Kier alpha value is -2.32. The molecule has 1 N–H and O–H groups in total. The maximum absolute atomic E-state index is 13.0. The van der Waals surface area contributed by atoms with Crippen molar-refractivity contribution < 1.29 is 22.7 Å². The van der Waals surface area contributed by atoms with E-state index in [4.69, 9.17) is 4.74 Å². The Labute approximate surface area is 187 Å². The molecule has 32 heavy (non-hydrogen) atoms. The lowest BCUT2D eigenvalue weighted by Crippen LogP contribution is -2.37. The highest BCUT2D eigenvalue weighted by Gasteiger charge is 2.31. The number of nitrogens with one attached hydrogen (secondary N) is 1. The number of carbonyl (C=O) groups excluding carboxylic acids is 1. The van der Waals surface area contributed by atoms with Gasteiger partial charge in [0.15, 0.2) is 0 Å². The number of carbonyl (C=O) groups is 1. The van der Waals surface area contributed by atoms with E-state index in [9.17, 15) is 18.0 Å². The SMILES string of the molecule is Cc1c(C(=O)Nc2cccc(C(F)(F)F)c2)cc(C(C)(C)C)n1CCCN1CCOCC1. The number of morpholine rings is 1. The van der Waals surface area contributed by atoms with Crippen molar-refractivity contribution in [2.24, 2.45) is 0 Å². The molecule has 1 aliphatic heterocycles. The average Bonchev–Trinajstić information content (AvgIpc) is 3.05. The average molecular weight is 452 g/mol. The number of halogens is 3. The van der Waals surface area contributed by atoms with Gasteiger partial charge in [-0.1, -0.05) is 26.8 Å². The van der Waals surface area contributed by atoms with Crippen molar-refractivity contribution in [3.05, 3.63) is 52.8 Å². The van der Waals surface area contributed by atoms with Crippen LogP contribution < -0.4 is 5.32 Å². The van der Waals surface area contributed by atoms with Gasteiger partial charge in [-0.3, -0.25) is 9.69 Å². The van der Waals surface area contributed by atoms with E-state index in [1.54, 1.807) is 0 Å². The van der Waals surface area contributed by atoms with Gasteiger partial charge in [-0.2, -0.15) is 13.2 Å². The zero-order chi connectivity index (χ0) is 23.5. The summed E-state index contributed by atoms with van der Waals surface area (Å²) in [5.74, 6) is -0.403. The Morgan fingerprint density at radius 3 is 2.41 bits per heavy atom. The molecular weight excluding hydrogens is 419 g/mol. The second-order valence-corrected chi connectivity index (χ2v) is 9.27. The van der Waals surface area contributed by atoms with Crippen LogP contribution in [-0.2, 0) is 22.9 Å². The standard InChI is InChI=1S/C24H32F3N3O2/c1-17-20(22(31)28-19-8-5-7-18(15-19)24(25,26)27)16-21(23(2,3)4)30(17)10-6-9-29-11-13-32-14-12-29/h5,7-8,15-16H,6,9-14H2,1-4H3,(H,28,31). The number of hydrogen-bond donors (Lipinski definition) is 1. The fourth-order valence-electron chi connectivity index (χ4n) is 4.03. The summed E-state index contributed by atoms with van der Waals surface area (Å²) in [6, 6.07) is 6.57. The van der Waals surface area contributed by atoms with Crippen LogP contribution in [0.3, 0.4) is 0 Å². The van der Waals surface area contributed by atoms with Gasteiger partial charge in [-0.15, -0.1) is 0 Å². The first-order valence-corrected chi connectivity index (χ1v) is 11.0. The minimum Gasteiger partial charge on any atom is -0.379 e. The molecule has 2 aromatic rings. The normalized spacial score (nSPS) is 15.7. The van der Waals surface area contributed by atoms with Gasteiger partial charge >= 0.3 is 6.18 Å². The molecule has 8 heteroatoms. The summed E-state index contributed by atoms with van der Waals surface area (Å²) in [7, 11) is 0. The number of nitrogens with zero attached hydrogens (tertiary/aromatic N) is 2. The number of benzene rings is 1. The number of rotatable bonds is 6. The van der Waals surface area contributed by atoms with Gasteiger partial charge in [0.25, 0.3) is 5.91 Å². The number of aromatic nitrogens is 1. The van der Waals surface area contributed by atoms with E-state index in [2.05, 4.69) is 35.6 Å². The summed E-state index contributed by atoms with van der Waals surface area (Å²) in [6.07, 6.45) is -3.52. The Bertz CT molecular complexity index is 939. The minimum absolute atomic E-state index is 0.126. The molecule has 0 saturated carbocycles. The van der Waals surface area contributed by atoms with Crippen LogP contribution in [0, 0.1) is 6.92 Å². The van der Waals surface area contributed by atoms with Crippen molar-refractivity contribution in [1.82, 2.24) is 9.47 Å². The van der Waals surface area contributed by atoms with E-state index in [1.165, 1.54) is 12.1 Å². The molecule has 2 heterocycles. The predicted octanol–water partition coefficient (Wildman–Crippen LogP) is 5.09. The summed E-state index contributed by atoms with van der Waals surface area (Å²) in [6.45, 7) is 13.3. The van der Waals surface area contributed by atoms with Crippen LogP contribution in [0.4, 0.5) is 18.9 Å². The fraction of sp³-hybridized carbons (Fsp3) is 0.542. The molecule has 0 bridgehead atoms. The fourth-order valence-corrected chi connectivity index (χ4v) is 4.03. The Balaban J connectivity index is 1.78. The van der Waals surface area contributed by atoms with E-state index >= 15 is 0 Å². The highest BCUT2D eigenvalue weighted by Crippen LogP contribution is 2.32. The Kier molecular flexibility index (Phi) is 7.35. The molecule has 0 aliphatic carbocycles. The van der Waals surface area contributed by atoms with Crippen molar-refractivity contribution >= 4 is 11.6 Å². The van der Waals surface area contributed by atoms with Gasteiger partial charge in [0.05, 0.1) is 24.3 Å². The molecule has 5 nitrogen and oxygen atoms in total. The van der Waals surface area contributed by atoms with Crippen LogP contribution in [0.1, 0.15) is 54.5 Å². The summed E-state index contributed by atoms with van der Waals surface area (Å²) in [4.78, 5) is 15.4. The second-order valence-electron chi connectivity index (χ2n) is 9.27. The lowest BCUT2D eigenvalue weighted by molar-refractivity contribution is -0.137. The molecule has 0 spiro atoms. The lowest BCUT2D eigenvalue weighted by atomic mass is 9.91. The zero-order valence-corrected chi connectivity index (χ0v) is 19.2. The molecule has 1 fully saturated rings. The molecule has 1 aromatic carbocycles. The third-order valence-corrected chi connectivity index (χ3v) is 5.79. The monoisotopic (exact) mass is 451 g/mol. The van der Waals surface area contributed by atoms with Crippen LogP contribution in [0.2, 0.25) is 0 Å². The van der Waals surface area contributed by atoms with E-state index in [1.807, 2.05) is 13.0 Å². The lowest BCUT2D eigenvalue weighted by Gasteiger charge is -2.27. The second kappa shape index (κ2) is 9.67. The number of hydrogen-bond acceptors (Lipinski definition) is 3. The van der Waals surface area contributed by atoms with Crippen LogP contribution in [0.5, 0.6) is 0 Å². The molecule has 1 aliphatic rings. The molecule has 0 radical (unpaired) electrons. The van der Waals surface area contributed by atoms with Crippen molar-refractivity contribution in [3.63, 3.8) is 0 Å². The summed E-state index contributed by atoms with van der Waals surface area (Å²) in [5.41, 5.74) is 1.49. The van der Waals surface area contributed by atoms with Crippen molar-refractivity contribution in [1.29, 1.82) is 0 Å². The maximum Gasteiger partial charge on any atom is 0.416 e. The molecule has 1 aromatic heterocycles. The quantitative estimate of drug-likeness (QED) is 0.666. The molecule has 1 amide bonds. The number of ether oxygens (including phenoxy) is 1. The van der Waals surface area contributed by atoms with E-state index in [0.717, 1.165) is 69.3 Å². The van der Waals surface area contributed by atoms with Gasteiger partial charge in [-0.25, -0.2) is 0 Å². The summed E-state index contributed by atoms with van der Waals surface area (Å²) < 4.78 is 46.6. The number of anilines is 1. The van der Waals surface area contributed by atoms with Crippen LogP contribution >= 0.6 is 0 Å². The predicted molar refractivity (Wildman–Crippen MR) is 119 cm³/mol. The summed E-state index contributed by atoms with van der Waals surface area (Å²) >= 11 is 0. The van der Waals surface area contributed by atoms with Gasteiger partial charge in [0.1, 0.15) is 0 Å². The van der Waals surface area contributed by atoms with Crippen LogP contribution in [-0.4, -0.2) is 48.2 Å². The number of alkyl halides is 3. The topological polar surface area (TPSA) is 46.5 Å². The first-order chi connectivity index (χ1) is 15.0. The summed E-state index contributed by atoms with van der Waals surface area (Å²) in [5, 5.41) is 2.64.